The molecule has 4 rings (SSSR count). The molecule has 0 fully saturated rings. The Hall–Kier alpha value is -2.56. The van der Waals surface area contributed by atoms with Crippen molar-refractivity contribution < 1.29 is 4.79 Å². The number of nitrogens with one attached hydrogen (secondary N) is 1. The number of aromatic nitrogens is 4. The average Bonchev–Trinajstić information content (AvgIpc) is 3.42. The van der Waals surface area contributed by atoms with E-state index in [0.29, 0.717) is 35.0 Å². The summed E-state index contributed by atoms with van der Waals surface area (Å²) in [4.78, 5) is 32.9. The predicted octanol–water partition coefficient (Wildman–Crippen LogP) is 4.48. The molecule has 1 amide bonds. The van der Waals surface area contributed by atoms with Crippen molar-refractivity contribution in [1.82, 2.24) is 19.3 Å². The minimum absolute atomic E-state index is 0.138. The average molecular weight is 486 g/mol. The molecule has 3 heterocycles. The zero-order valence-corrected chi connectivity index (χ0v) is 20.4. The molecule has 0 atom stereocenters. The van der Waals surface area contributed by atoms with Crippen LogP contribution >= 0.6 is 34.9 Å². The first kappa shape index (κ1) is 22.6. The van der Waals surface area contributed by atoms with Gasteiger partial charge in [-0.25, -0.2) is 4.98 Å². The van der Waals surface area contributed by atoms with Crippen LogP contribution in [0.5, 0.6) is 0 Å². The highest BCUT2D eigenvalue weighted by Gasteiger charge is 2.19. The fourth-order valence-electron chi connectivity index (χ4n) is 3.35. The van der Waals surface area contributed by atoms with E-state index in [4.69, 9.17) is 4.98 Å². The van der Waals surface area contributed by atoms with Gasteiger partial charge in [0.25, 0.3) is 5.56 Å². The van der Waals surface area contributed by atoms with Crippen LogP contribution in [-0.4, -0.2) is 37.2 Å². The molecular formula is C22H23N5O2S3. The Balaban J connectivity index is 1.63. The third-order valence-electron chi connectivity index (χ3n) is 4.86. The zero-order valence-electron chi connectivity index (χ0n) is 18.0. The number of carbonyl (C=O) groups excluding carboxylic acids is 1. The Bertz CT molecular complexity index is 1310. The zero-order chi connectivity index (χ0) is 22.7. The van der Waals surface area contributed by atoms with Gasteiger partial charge in [0, 0.05) is 22.0 Å². The van der Waals surface area contributed by atoms with Gasteiger partial charge in [-0.2, -0.15) is 5.10 Å². The summed E-state index contributed by atoms with van der Waals surface area (Å²) in [6.07, 6.45) is 1.99. The summed E-state index contributed by atoms with van der Waals surface area (Å²) >= 11 is 4.47. The summed E-state index contributed by atoms with van der Waals surface area (Å²) in [5, 5.41) is 9.89. The van der Waals surface area contributed by atoms with Crippen LogP contribution in [-0.2, 0) is 17.9 Å². The Morgan fingerprint density at radius 2 is 2.09 bits per heavy atom. The third-order valence-corrected chi connectivity index (χ3v) is 7.42. The van der Waals surface area contributed by atoms with Crippen molar-refractivity contribution in [2.45, 2.75) is 37.0 Å². The number of nitrogens with zero attached hydrogens (tertiary/aromatic N) is 4. The van der Waals surface area contributed by atoms with Crippen LogP contribution in [0.2, 0.25) is 0 Å². The first-order valence-corrected chi connectivity index (χ1v) is 13.2. The van der Waals surface area contributed by atoms with Crippen molar-refractivity contribution in [2.75, 3.05) is 17.3 Å². The van der Waals surface area contributed by atoms with E-state index in [9.17, 15) is 9.59 Å². The fourth-order valence-corrected chi connectivity index (χ4v) is 5.30. The van der Waals surface area contributed by atoms with Crippen molar-refractivity contribution in [3.05, 3.63) is 62.7 Å². The van der Waals surface area contributed by atoms with Gasteiger partial charge in [-0.05, 0) is 49.7 Å². The Labute approximate surface area is 198 Å². The van der Waals surface area contributed by atoms with Gasteiger partial charge in [-0.1, -0.05) is 23.9 Å². The number of thioether (sulfide) groups is 2. The molecule has 1 N–H and O–H groups in total. The SMILES string of the molecule is CCn1nc(C)c2nc(SCC(=O)Nc3cccc(SC)c3)n(Cc3cccs3)c(=O)c21. The van der Waals surface area contributed by atoms with Crippen molar-refractivity contribution >= 4 is 57.5 Å². The van der Waals surface area contributed by atoms with E-state index in [1.165, 1.54) is 11.8 Å². The number of amides is 1. The number of hydrogen-bond donors (Lipinski definition) is 1. The molecule has 4 aromatic rings. The lowest BCUT2D eigenvalue weighted by Crippen LogP contribution is -2.26. The first-order valence-electron chi connectivity index (χ1n) is 10.1. The number of carbonyl (C=O) groups is 1. The molecule has 7 nitrogen and oxygen atoms in total. The van der Waals surface area contributed by atoms with Crippen LogP contribution in [0.25, 0.3) is 11.0 Å². The van der Waals surface area contributed by atoms with E-state index in [2.05, 4.69) is 10.4 Å². The molecule has 10 heteroatoms. The van der Waals surface area contributed by atoms with E-state index in [1.54, 1.807) is 32.3 Å². The first-order chi connectivity index (χ1) is 15.5. The normalized spacial score (nSPS) is 11.2. The molecule has 0 saturated carbocycles. The number of anilines is 1. The van der Waals surface area contributed by atoms with Gasteiger partial charge in [-0.3, -0.25) is 18.8 Å². The van der Waals surface area contributed by atoms with Gasteiger partial charge in [0.15, 0.2) is 10.7 Å². The topological polar surface area (TPSA) is 81.8 Å². The lowest BCUT2D eigenvalue weighted by atomic mass is 10.3. The van der Waals surface area contributed by atoms with Crippen LogP contribution in [0.15, 0.2) is 56.6 Å². The molecule has 166 valence electrons. The van der Waals surface area contributed by atoms with E-state index < -0.39 is 0 Å². The van der Waals surface area contributed by atoms with Gasteiger partial charge >= 0.3 is 0 Å². The predicted molar refractivity (Wildman–Crippen MR) is 133 cm³/mol. The van der Waals surface area contributed by atoms with Crippen LogP contribution in [0.3, 0.4) is 0 Å². The number of rotatable bonds is 8. The number of fused-ring (bicyclic) bond motifs is 1. The van der Waals surface area contributed by atoms with Crippen LogP contribution in [0.4, 0.5) is 5.69 Å². The second-order valence-electron chi connectivity index (χ2n) is 7.03. The minimum Gasteiger partial charge on any atom is -0.325 e. The maximum atomic E-state index is 13.4. The van der Waals surface area contributed by atoms with Crippen LogP contribution in [0, 0.1) is 6.92 Å². The summed E-state index contributed by atoms with van der Waals surface area (Å²) in [5.74, 6) is -0.00131. The van der Waals surface area contributed by atoms with Gasteiger partial charge in [0.2, 0.25) is 5.91 Å². The maximum Gasteiger partial charge on any atom is 0.280 e. The summed E-state index contributed by atoms with van der Waals surface area (Å²) < 4.78 is 3.35. The van der Waals surface area contributed by atoms with Crippen molar-refractivity contribution in [1.29, 1.82) is 0 Å². The quantitative estimate of drug-likeness (QED) is 0.293. The molecule has 0 spiro atoms. The third kappa shape index (κ3) is 4.77. The molecule has 0 aliphatic carbocycles. The number of thiophene rings is 1. The monoisotopic (exact) mass is 485 g/mol. The Kier molecular flexibility index (Phi) is 7.02. The minimum atomic E-state index is -0.147. The van der Waals surface area contributed by atoms with Crippen molar-refractivity contribution in [3.8, 4) is 0 Å². The van der Waals surface area contributed by atoms with E-state index >= 15 is 0 Å². The Morgan fingerprint density at radius 1 is 1.25 bits per heavy atom. The number of aryl methyl sites for hydroxylation is 2. The van der Waals surface area contributed by atoms with Gasteiger partial charge in [-0.15, -0.1) is 23.1 Å². The second-order valence-corrected chi connectivity index (χ2v) is 9.89. The number of benzene rings is 1. The fraction of sp³-hybridized carbons (Fsp3) is 0.273. The standard InChI is InChI=1S/C22H23N5O2S3/c1-4-27-20-19(14(2)25-27)24-22(26(21(20)29)12-17-9-6-10-31-17)32-13-18(28)23-15-7-5-8-16(11-15)30-3/h5-11H,4,12-13H2,1-3H3,(H,23,28). The molecular weight excluding hydrogens is 462 g/mol. The van der Waals surface area contributed by atoms with E-state index in [0.717, 1.165) is 15.5 Å². The van der Waals surface area contributed by atoms with Crippen LogP contribution in [0.1, 0.15) is 17.5 Å². The Morgan fingerprint density at radius 3 is 2.81 bits per heavy atom. The molecule has 0 radical (unpaired) electrons. The van der Waals surface area contributed by atoms with Gasteiger partial charge in [0.1, 0.15) is 5.52 Å². The summed E-state index contributed by atoms with van der Waals surface area (Å²) in [6, 6.07) is 11.7. The molecule has 0 saturated heterocycles. The van der Waals surface area contributed by atoms with Gasteiger partial charge in [0.05, 0.1) is 18.0 Å². The highest BCUT2D eigenvalue weighted by Crippen LogP contribution is 2.23. The summed E-state index contributed by atoms with van der Waals surface area (Å²) in [5.41, 5.74) is 2.42. The summed E-state index contributed by atoms with van der Waals surface area (Å²) in [6.45, 7) is 4.80. The lowest BCUT2D eigenvalue weighted by molar-refractivity contribution is -0.113. The van der Waals surface area contributed by atoms with Crippen LogP contribution < -0.4 is 10.9 Å². The smallest absolute Gasteiger partial charge is 0.280 e. The molecule has 1 aromatic carbocycles. The highest BCUT2D eigenvalue weighted by molar-refractivity contribution is 7.99. The molecule has 3 aromatic heterocycles. The van der Waals surface area contributed by atoms with E-state index in [-0.39, 0.29) is 17.2 Å². The molecule has 0 aliphatic rings. The van der Waals surface area contributed by atoms with E-state index in [1.807, 2.05) is 61.9 Å². The molecule has 0 unspecified atom stereocenters. The van der Waals surface area contributed by atoms with Crippen molar-refractivity contribution in [3.63, 3.8) is 0 Å². The number of hydrogen-bond acceptors (Lipinski definition) is 7. The summed E-state index contributed by atoms with van der Waals surface area (Å²) in [7, 11) is 0. The van der Waals surface area contributed by atoms with Crippen molar-refractivity contribution in [2.24, 2.45) is 0 Å². The lowest BCUT2D eigenvalue weighted by Gasteiger charge is -2.12. The molecule has 0 aliphatic heterocycles. The second kappa shape index (κ2) is 9.93. The molecule has 32 heavy (non-hydrogen) atoms. The maximum absolute atomic E-state index is 13.4. The molecule has 0 bridgehead atoms. The highest BCUT2D eigenvalue weighted by atomic mass is 32.2. The largest absolute Gasteiger partial charge is 0.325 e. The van der Waals surface area contributed by atoms with Gasteiger partial charge < -0.3 is 5.32 Å².